The Morgan fingerprint density at radius 2 is 1.76 bits per heavy atom. The normalized spacial score (nSPS) is 27.5. The molecule has 0 atom stereocenters. The van der Waals surface area contributed by atoms with Crippen molar-refractivity contribution in [2.45, 2.75) is 57.4 Å². The van der Waals surface area contributed by atoms with E-state index in [0.717, 1.165) is 0 Å². The third-order valence-corrected chi connectivity index (χ3v) is 6.09. The lowest BCUT2D eigenvalue weighted by Gasteiger charge is -2.52. The van der Waals surface area contributed by atoms with Gasteiger partial charge in [-0.1, -0.05) is 6.92 Å². The molecule has 2 saturated heterocycles. The summed E-state index contributed by atoms with van der Waals surface area (Å²) in [4.78, 5) is 5.87. The van der Waals surface area contributed by atoms with Crippen LogP contribution in [0.5, 0.6) is 0 Å². The first-order valence-electron chi connectivity index (χ1n) is 7.12. The Kier molecular flexibility index (Phi) is 4.11. The lowest BCUT2D eigenvalue weighted by Crippen LogP contribution is -2.58. The molecule has 0 aromatic rings. The van der Waals surface area contributed by atoms with Gasteiger partial charge in [-0.15, -0.1) is 11.8 Å². The first-order chi connectivity index (χ1) is 7.98. The third-order valence-electron chi connectivity index (χ3n) is 4.39. The van der Waals surface area contributed by atoms with E-state index in [4.69, 9.17) is 0 Å². The Hall–Kier alpha value is 0.270. The van der Waals surface area contributed by atoms with Crippen molar-refractivity contribution in [2.24, 2.45) is 0 Å². The highest BCUT2D eigenvalue weighted by molar-refractivity contribution is 8.00. The van der Waals surface area contributed by atoms with E-state index in [2.05, 4.69) is 49.3 Å². The van der Waals surface area contributed by atoms with E-state index in [1.807, 2.05) is 0 Å². The molecule has 2 aliphatic rings. The zero-order valence-corrected chi connectivity index (χ0v) is 12.8. The Morgan fingerprint density at radius 3 is 2.29 bits per heavy atom. The molecule has 0 unspecified atom stereocenters. The maximum Gasteiger partial charge on any atom is 0.0694 e. The molecule has 0 amide bonds. The van der Waals surface area contributed by atoms with E-state index in [1.54, 1.807) is 0 Å². The van der Waals surface area contributed by atoms with Gasteiger partial charge in [0.25, 0.3) is 0 Å². The molecule has 0 aromatic heterocycles. The molecule has 2 rings (SSSR count). The zero-order valence-electron chi connectivity index (χ0n) is 12.0. The van der Waals surface area contributed by atoms with Crippen LogP contribution < -0.4 is 0 Å². The van der Waals surface area contributed by atoms with Gasteiger partial charge in [0.05, 0.1) is 4.87 Å². The molecule has 0 radical (unpaired) electrons. The van der Waals surface area contributed by atoms with Gasteiger partial charge in [0.1, 0.15) is 0 Å². The summed E-state index contributed by atoms with van der Waals surface area (Å²) < 4.78 is 0. The molecule has 1 spiro atoms. The Labute approximate surface area is 111 Å². The van der Waals surface area contributed by atoms with E-state index >= 15 is 0 Å². The van der Waals surface area contributed by atoms with Crippen LogP contribution in [0.3, 0.4) is 0 Å². The van der Waals surface area contributed by atoms with E-state index in [-0.39, 0.29) is 0 Å². The van der Waals surface area contributed by atoms with Gasteiger partial charge < -0.3 is 0 Å². The molecule has 17 heavy (non-hydrogen) atoms. The Morgan fingerprint density at radius 1 is 1.12 bits per heavy atom. The molecular weight excluding hydrogens is 228 g/mol. The predicted molar refractivity (Wildman–Crippen MR) is 77.6 cm³/mol. The molecule has 0 N–H and O–H groups in total. The summed E-state index contributed by atoms with van der Waals surface area (Å²) in [6.45, 7) is 14.4. The maximum atomic E-state index is 2.74. The fraction of sp³-hybridized carbons (Fsp3) is 1.00. The lowest BCUT2D eigenvalue weighted by molar-refractivity contribution is 0.0404. The Balaban J connectivity index is 2.00. The second-order valence-electron chi connectivity index (χ2n) is 6.39. The van der Waals surface area contributed by atoms with Gasteiger partial charge >= 0.3 is 0 Å². The van der Waals surface area contributed by atoms with Crippen molar-refractivity contribution in [1.82, 2.24) is 9.80 Å². The zero-order chi connectivity index (χ0) is 12.5. The fourth-order valence-corrected chi connectivity index (χ4v) is 4.77. The average molecular weight is 256 g/mol. The smallest absolute Gasteiger partial charge is 0.0694 e. The molecule has 0 aromatic carbocycles. The van der Waals surface area contributed by atoms with Crippen molar-refractivity contribution in [3.8, 4) is 0 Å². The maximum absolute atomic E-state index is 2.74. The van der Waals surface area contributed by atoms with Crippen LogP contribution in [0, 0.1) is 0 Å². The molecule has 0 bridgehead atoms. The van der Waals surface area contributed by atoms with Gasteiger partial charge in [0, 0.05) is 25.2 Å². The minimum Gasteiger partial charge on any atom is -0.298 e. The molecule has 2 nitrogen and oxygen atoms in total. The summed E-state index contributed by atoms with van der Waals surface area (Å²) in [5.74, 6) is 1.37. The monoisotopic (exact) mass is 256 g/mol. The van der Waals surface area contributed by atoms with Crippen molar-refractivity contribution in [3.63, 3.8) is 0 Å². The SMILES string of the molecule is CCN1CCCSC12CCN(C(C)(C)C)CC2. The van der Waals surface area contributed by atoms with E-state index < -0.39 is 0 Å². The molecular formula is C14H28N2S. The number of hydrogen-bond acceptors (Lipinski definition) is 3. The number of nitrogens with zero attached hydrogens (tertiary/aromatic N) is 2. The van der Waals surface area contributed by atoms with Gasteiger partial charge in [-0.2, -0.15) is 0 Å². The summed E-state index contributed by atoms with van der Waals surface area (Å²) in [6, 6.07) is 0. The molecule has 2 heterocycles. The summed E-state index contributed by atoms with van der Waals surface area (Å²) >= 11 is 2.23. The van der Waals surface area contributed by atoms with Crippen LogP contribution in [0.15, 0.2) is 0 Å². The molecule has 2 aliphatic heterocycles. The van der Waals surface area contributed by atoms with Crippen LogP contribution in [0.1, 0.15) is 47.0 Å². The molecule has 100 valence electrons. The number of likely N-dealkylation sites (tertiary alicyclic amines) is 1. The molecule has 0 aliphatic carbocycles. The van der Waals surface area contributed by atoms with E-state index in [9.17, 15) is 0 Å². The van der Waals surface area contributed by atoms with Crippen LogP contribution in [0.2, 0.25) is 0 Å². The minimum absolute atomic E-state index is 0.345. The number of piperidine rings is 1. The van der Waals surface area contributed by atoms with Gasteiger partial charge in [-0.3, -0.25) is 9.80 Å². The minimum atomic E-state index is 0.345. The number of rotatable bonds is 1. The van der Waals surface area contributed by atoms with Gasteiger partial charge in [-0.25, -0.2) is 0 Å². The van der Waals surface area contributed by atoms with Crippen LogP contribution in [-0.4, -0.2) is 52.1 Å². The second kappa shape index (κ2) is 5.10. The summed E-state index contributed by atoms with van der Waals surface area (Å²) in [5.41, 5.74) is 0.345. The first-order valence-corrected chi connectivity index (χ1v) is 8.10. The standard InChI is InChI=1S/C14H28N2S/c1-5-15-9-6-12-17-14(15)7-10-16(11-8-14)13(2,3)4/h5-12H2,1-4H3. The highest BCUT2D eigenvalue weighted by atomic mass is 32.2. The van der Waals surface area contributed by atoms with Crippen molar-refractivity contribution >= 4 is 11.8 Å². The van der Waals surface area contributed by atoms with Crippen molar-refractivity contribution in [1.29, 1.82) is 0 Å². The largest absolute Gasteiger partial charge is 0.298 e. The van der Waals surface area contributed by atoms with Gasteiger partial charge in [0.15, 0.2) is 0 Å². The summed E-state index contributed by atoms with van der Waals surface area (Å²) in [6.07, 6.45) is 4.08. The quantitative estimate of drug-likeness (QED) is 0.712. The highest BCUT2D eigenvalue weighted by Gasteiger charge is 2.42. The predicted octanol–water partition coefficient (Wildman–Crippen LogP) is 3.04. The highest BCUT2D eigenvalue weighted by Crippen LogP contribution is 2.43. The second-order valence-corrected chi connectivity index (χ2v) is 7.84. The molecule has 2 fully saturated rings. The van der Waals surface area contributed by atoms with Crippen LogP contribution >= 0.6 is 11.8 Å². The van der Waals surface area contributed by atoms with E-state index in [1.165, 1.54) is 51.2 Å². The van der Waals surface area contributed by atoms with Crippen LogP contribution in [0.4, 0.5) is 0 Å². The topological polar surface area (TPSA) is 6.48 Å². The summed E-state index contributed by atoms with van der Waals surface area (Å²) in [7, 11) is 0. The molecule has 0 saturated carbocycles. The van der Waals surface area contributed by atoms with Gasteiger partial charge in [-0.05, 0) is 52.3 Å². The average Bonchev–Trinajstić information content (AvgIpc) is 2.29. The number of hydrogen-bond donors (Lipinski definition) is 0. The molecule has 3 heteroatoms. The third kappa shape index (κ3) is 2.82. The van der Waals surface area contributed by atoms with E-state index in [0.29, 0.717) is 10.4 Å². The van der Waals surface area contributed by atoms with Crippen molar-refractivity contribution < 1.29 is 0 Å². The van der Waals surface area contributed by atoms with Crippen molar-refractivity contribution in [3.05, 3.63) is 0 Å². The van der Waals surface area contributed by atoms with Crippen LogP contribution in [-0.2, 0) is 0 Å². The first kappa shape index (κ1) is 13.7. The summed E-state index contributed by atoms with van der Waals surface area (Å²) in [5, 5.41) is 0. The Bertz CT molecular complexity index is 251. The number of thioether (sulfide) groups is 1. The van der Waals surface area contributed by atoms with Crippen molar-refractivity contribution in [2.75, 3.05) is 31.9 Å². The van der Waals surface area contributed by atoms with Crippen LogP contribution in [0.25, 0.3) is 0 Å². The van der Waals surface area contributed by atoms with Gasteiger partial charge in [0.2, 0.25) is 0 Å². The fourth-order valence-electron chi connectivity index (χ4n) is 3.25. The lowest BCUT2D eigenvalue weighted by atomic mass is 9.96.